The lowest BCUT2D eigenvalue weighted by Crippen LogP contribution is -2.05. The minimum Gasteiger partial charge on any atom is -0.489 e. The SMILES string of the molecule is CCn1cc(COc2ccc3c(c2)CCC3N)cn1. The van der Waals surface area contributed by atoms with Crippen molar-refractivity contribution in [1.29, 1.82) is 0 Å². The second-order valence-corrected chi connectivity index (χ2v) is 5.00. The van der Waals surface area contributed by atoms with Gasteiger partial charge in [0.05, 0.1) is 6.20 Å². The van der Waals surface area contributed by atoms with Crippen molar-refractivity contribution in [3.05, 3.63) is 47.3 Å². The Labute approximate surface area is 113 Å². The van der Waals surface area contributed by atoms with Crippen molar-refractivity contribution in [2.75, 3.05) is 0 Å². The summed E-state index contributed by atoms with van der Waals surface area (Å²) in [5.74, 6) is 0.914. The first-order valence-corrected chi connectivity index (χ1v) is 6.79. The van der Waals surface area contributed by atoms with Crippen LogP contribution in [-0.4, -0.2) is 9.78 Å². The highest BCUT2D eigenvalue weighted by molar-refractivity contribution is 5.40. The van der Waals surface area contributed by atoms with Crippen LogP contribution in [0.5, 0.6) is 5.75 Å². The van der Waals surface area contributed by atoms with Crippen molar-refractivity contribution in [3.8, 4) is 5.75 Å². The average Bonchev–Trinajstić information content (AvgIpc) is 3.03. The second-order valence-electron chi connectivity index (χ2n) is 5.00. The van der Waals surface area contributed by atoms with Gasteiger partial charge in [0.25, 0.3) is 0 Å². The molecule has 1 heterocycles. The number of fused-ring (bicyclic) bond motifs is 1. The number of hydrogen-bond donors (Lipinski definition) is 1. The Hall–Kier alpha value is -1.81. The van der Waals surface area contributed by atoms with Gasteiger partial charge in [0.2, 0.25) is 0 Å². The molecule has 0 aliphatic heterocycles. The summed E-state index contributed by atoms with van der Waals surface area (Å²) >= 11 is 0. The summed E-state index contributed by atoms with van der Waals surface area (Å²) in [5, 5.41) is 4.23. The summed E-state index contributed by atoms with van der Waals surface area (Å²) in [6.45, 7) is 3.52. The van der Waals surface area contributed by atoms with E-state index in [-0.39, 0.29) is 6.04 Å². The molecule has 19 heavy (non-hydrogen) atoms. The fourth-order valence-electron chi connectivity index (χ4n) is 2.54. The maximum Gasteiger partial charge on any atom is 0.120 e. The van der Waals surface area contributed by atoms with Gasteiger partial charge in [0.15, 0.2) is 0 Å². The van der Waals surface area contributed by atoms with Crippen molar-refractivity contribution in [2.24, 2.45) is 5.73 Å². The zero-order valence-corrected chi connectivity index (χ0v) is 11.2. The van der Waals surface area contributed by atoms with Crippen molar-refractivity contribution in [1.82, 2.24) is 9.78 Å². The molecule has 2 aromatic rings. The van der Waals surface area contributed by atoms with E-state index in [2.05, 4.69) is 24.2 Å². The van der Waals surface area contributed by atoms with E-state index < -0.39 is 0 Å². The van der Waals surface area contributed by atoms with Gasteiger partial charge < -0.3 is 10.5 Å². The quantitative estimate of drug-likeness (QED) is 0.915. The van der Waals surface area contributed by atoms with E-state index in [0.717, 1.165) is 30.7 Å². The topological polar surface area (TPSA) is 53.1 Å². The van der Waals surface area contributed by atoms with E-state index in [1.807, 2.05) is 23.1 Å². The van der Waals surface area contributed by atoms with Gasteiger partial charge in [-0.05, 0) is 43.0 Å². The number of hydrogen-bond acceptors (Lipinski definition) is 3. The van der Waals surface area contributed by atoms with Gasteiger partial charge in [-0.25, -0.2) is 0 Å². The van der Waals surface area contributed by atoms with Crippen molar-refractivity contribution < 1.29 is 4.74 Å². The fourth-order valence-corrected chi connectivity index (χ4v) is 2.54. The van der Waals surface area contributed by atoms with Gasteiger partial charge in [-0.3, -0.25) is 4.68 Å². The molecule has 1 aliphatic rings. The molecule has 2 N–H and O–H groups in total. The Morgan fingerprint density at radius 3 is 3.16 bits per heavy atom. The Kier molecular flexibility index (Phi) is 3.25. The summed E-state index contributed by atoms with van der Waals surface area (Å²) in [5.41, 5.74) is 9.72. The molecule has 1 unspecified atom stereocenters. The summed E-state index contributed by atoms with van der Waals surface area (Å²) in [4.78, 5) is 0. The normalized spacial score (nSPS) is 17.5. The van der Waals surface area contributed by atoms with Gasteiger partial charge in [-0.15, -0.1) is 0 Å². The molecule has 1 aliphatic carbocycles. The number of ether oxygens (including phenoxy) is 1. The van der Waals surface area contributed by atoms with Gasteiger partial charge in [0, 0.05) is 24.3 Å². The zero-order valence-electron chi connectivity index (χ0n) is 11.2. The third-order valence-electron chi connectivity index (χ3n) is 3.65. The molecular weight excluding hydrogens is 238 g/mol. The van der Waals surface area contributed by atoms with Crippen LogP contribution in [0, 0.1) is 0 Å². The molecule has 3 rings (SSSR count). The van der Waals surface area contributed by atoms with Gasteiger partial charge >= 0.3 is 0 Å². The standard InChI is InChI=1S/C15H19N3O/c1-2-18-9-11(8-17-18)10-19-13-4-5-14-12(7-13)3-6-15(14)16/h4-5,7-9,15H,2-3,6,10,16H2,1H3. The van der Waals surface area contributed by atoms with E-state index in [0.29, 0.717) is 6.61 Å². The number of nitrogens with two attached hydrogens (primary N) is 1. The van der Waals surface area contributed by atoms with Crippen LogP contribution in [0.1, 0.15) is 36.1 Å². The number of nitrogens with zero attached hydrogens (tertiary/aromatic N) is 2. The molecule has 0 radical (unpaired) electrons. The van der Waals surface area contributed by atoms with E-state index in [9.17, 15) is 0 Å². The molecule has 0 fully saturated rings. The maximum absolute atomic E-state index is 6.03. The fraction of sp³-hybridized carbons (Fsp3) is 0.400. The Bertz CT molecular complexity index is 577. The van der Waals surface area contributed by atoms with Crippen LogP contribution in [-0.2, 0) is 19.6 Å². The first-order valence-electron chi connectivity index (χ1n) is 6.79. The lowest BCUT2D eigenvalue weighted by molar-refractivity contribution is 0.306. The molecule has 0 bridgehead atoms. The molecule has 4 nitrogen and oxygen atoms in total. The Morgan fingerprint density at radius 2 is 2.37 bits per heavy atom. The Morgan fingerprint density at radius 1 is 1.47 bits per heavy atom. The van der Waals surface area contributed by atoms with Gasteiger partial charge in [-0.1, -0.05) is 6.07 Å². The summed E-state index contributed by atoms with van der Waals surface area (Å²) in [7, 11) is 0. The lowest BCUT2D eigenvalue weighted by Gasteiger charge is -2.08. The molecule has 0 amide bonds. The highest BCUT2D eigenvalue weighted by atomic mass is 16.5. The van der Waals surface area contributed by atoms with Crippen molar-refractivity contribution in [2.45, 2.75) is 39.0 Å². The smallest absolute Gasteiger partial charge is 0.120 e. The van der Waals surface area contributed by atoms with Crippen LogP contribution in [0.15, 0.2) is 30.6 Å². The van der Waals surface area contributed by atoms with Crippen molar-refractivity contribution >= 4 is 0 Å². The average molecular weight is 257 g/mol. The summed E-state index contributed by atoms with van der Waals surface area (Å²) in [6.07, 6.45) is 5.97. The predicted molar refractivity (Wildman–Crippen MR) is 73.9 cm³/mol. The summed E-state index contributed by atoms with van der Waals surface area (Å²) in [6, 6.07) is 6.42. The van der Waals surface area contributed by atoms with E-state index in [1.165, 1.54) is 11.1 Å². The molecule has 0 saturated carbocycles. The monoisotopic (exact) mass is 257 g/mol. The van der Waals surface area contributed by atoms with Crippen LogP contribution >= 0.6 is 0 Å². The number of aromatic nitrogens is 2. The minimum atomic E-state index is 0.201. The third kappa shape index (κ3) is 2.49. The van der Waals surface area contributed by atoms with Crippen LogP contribution in [0.4, 0.5) is 0 Å². The first-order chi connectivity index (χ1) is 9.26. The van der Waals surface area contributed by atoms with Gasteiger partial charge in [-0.2, -0.15) is 5.10 Å². The molecule has 1 atom stereocenters. The molecule has 1 aromatic heterocycles. The molecule has 4 heteroatoms. The number of benzene rings is 1. The van der Waals surface area contributed by atoms with E-state index in [1.54, 1.807) is 0 Å². The highest BCUT2D eigenvalue weighted by Crippen LogP contribution is 2.31. The van der Waals surface area contributed by atoms with Crippen molar-refractivity contribution in [3.63, 3.8) is 0 Å². The first kappa shape index (κ1) is 12.2. The summed E-state index contributed by atoms with van der Waals surface area (Å²) < 4.78 is 7.72. The zero-order chi connectivity index (χ0) is 13.2. The van der Waals surface area contributed by atoms with Crippen LogP contribution in [0.2, 0.25) is 0 Å². The van der Waals surface area contributed by atoms with Crippen LogP contribution < -0.4 is 10.5 Å². The highest BCUT2D eigenvalue weighted by Gasteiger charge is 2.19. The number of rotatable bonds is 4. The second kappa shape index (κ2) is 5.05. The molecule has 0 spiro atoms. The largest absolute Gasteiger partial charge is 0.489 e. The molecule has 0 saturated heterocycles. The van der Waals surface area contributed by atoms with E-state index >= 15 is 0 Å². The van der Waals surface area contributed by atoms with Crippen LogP contribution in [0.3, 0.4) is 0 Å². The molecular formula is C15H19N3O. The lowest BCUT2D eigenvalue weighted by atomic mass is 10.1. The minimum absolute atomic E-state index is 0.201. The van der Waals surface area contributed by atoms with E-state index in [4.69, 9.17) is 10.5 Å². The van der Waals surface area contributed by atoms with Crippen LogP contribution in [0.25, 0.3) is 0 Å². The van der Waals surface area contributed by atoms with Gasteiger partial charge in [0.1, 0.15) is 12.4 Å². The maximum atomic E-state index is 6.03. The predicted octanol–water partition coefficient (Wildman–Crippen LogP) is 2.43. The third-order valence-corrected chi connectivity index (χ3v) is 3.65. The molecule has 1 aromatic carbocycles. The Balaban J connectivity index is 1.67. The number of aryl methyl sites for hydroxylation is 2. The molecule has 100 valence electrons.